The molecule has 1 aromatic rings. The van der Waals surface area contributed by atoms with Crippen molar-refractivity contribution in [1.29, 1.82) is 0 Å². The summed E-state index contributed by atoms with van der Waals surface area (Å²) in [5.41, 5.74) is 7.65. The van der Waals surface area contributed by atoms with Crippen LogP contribution in [0.4, 0.5) is 5.69 Å². The summed E-state index contributed by atoms with van der Waals surface area (Å²) in [6, 6.07) is 6.17. The molecule has 0 saturated heterocycles. The maximum atomic E-state index is 6.09. The van der Waals surface area contributed by atoms with Gasteiger partial charge >= 0.3 is 0 Å². The van der Waals surface area contributed by atoms with Gasteiger partial charge in [-0.1, -0.05) is 50.0 Å². The van der Waals surface area contributed by atoms with E-state index in [0.29, 0.717) is 16.1 Å². The topological polar surface area (TPSA) is 38.0 Å². The molecule has 4 heteroatoms. The lowest BCUT2D eigenvalue weighted by molar-refractivity contribution is 0.317. The summed E-state index contributed by atoms with van der Waals surface area (Å²) < 4.78 is 0. The van der Waals surface area contributed by atoms with Crippen molar-refractivity contribution in [1.82, 2.24) is 0 Å². The van der Waals surface area contributed by atoms with Crippen molar-refractivity contribution in [3.63, 3.8) is 0 Å². The second-order valence-corrected chi connectivity index (χ2v) is 6.13. The zero-order valence-electron chi connectivity index (χ0n) is 11.3. The predicted octanol–water partition coefficient (Wildman–Crippen LogP) is 4.35. The first-order valence-corrected chi connectivity index (χ1v) is 7.76. The Kier molecular flexibility index (Phi) is 5.06. The van der Waals surface area contributed by atoms with Crippen molar-refractivity contribution in [2.24, 2.45) is 11.7 Å². The van der Waals surface area contributed by atoms with Gasteiger partial charge in [-0.25, -0.2) is 0 Å². The van der Waals surface area contributed by atoms with Crippen LogP contribution in [0.5, 0.6) is 0 Å². The zero-order chi connectivity index (χ0) is 13.8. The minimum atomic E-state index is 0.419. The number of anilines is 1. The van der Waals surface area contributed by atoms with Gasteiger partial charge in [0.1, 0.15) is 4.99 Å². The van der Waals surface area contributed by atoms with E-state index in [0.717, 1.165) is 17.2 Å². The zero-order valence-corrected chi connectivity index (χ0v) is 12.9. The number of thiocarbonyl (C=S) groups is 1. The fraction of sp³-hybridized carbons (Fsp3) is 0.533. The molecule has 1 aliphatic rings. The Bertz CT molecular complexity index is 461. The van der Waals surface area contributed by atoms with Crippen molar-refractivity contribution < 1.29 is 0 Å². The van der Waals surface area contributed by atoms with Gasteiger partial charge in [-0.3, -0.25) is 0 Å². The Labute approximate surface area is 125 Å². The Morgan fingerprint density at radius 3 is 2.84 bits per heavy atom. The van der Waals surface area contributed by atoms with Gasteiger partial charge in [0, 0.05) is 22.3 Å². The molecule has 2 nitrogen and oxygen atoms in total. The van der Waals surface area contributed by atoms with Crippen LogP contribution in [0.15, 0.2) is 18.2 Å². The molecule has 1 aromatic carbocycles. The molecule has 0 amide bonds. The first-order chi connectivity index (χ1) is 9.11. The monoisotopic (exact) mass is 296 g/mol. The largest absolute Gasteiger partial charge is 0.389 e. The van der Waals surface area contributed by atoms with E-state index >= 15 is 0 Å². The molecule has 2 rings (SSSR count). The third-order valence-corrected chi connectivity index (χ3v) is 4.48. The Morgan fingerprint density at radius 1 is 1.42 bits per heavy atom. The van der Waals surface area contributed by atoms with Crippen molar-refractivity contribution in [3.05, 3.63) is 28.8 Å². The van der Waals surface area contributed by atoms with E-state index in [1.807, 2.05) is 18.2 Å². The standard InChI is InChI=1S/C15H21ClN2S/c1-2-10-5-3-4-6-13(10)18-14-9-11(16)7-8-12(14)15(17)19/h7-10,13,18H,2-6H2,1H3,(H2,17,19). The molecule has 2 atom stereocenters. The van der Waals surface area contributed by atoms with Crippen molar-refractivity contribution in [2.75, 3.05) is 5.32 Å². The van der Waals surface area contributed by atoms with Crippen LogP contribution in [-0.4, -0.2) is 11.0 Å². The van der Waals surface area contributed by atoms with Gasteiger partial charge in [-0.05, 0) is 37.0 Å². The molecule has 1 fully saturated rings. The van der Waals surface area contributed by atoms with Gasteiger partial charge < -0.3 is 11.1 Å². The van der Waals surface area contributed by atoms with Crippen LogP contribution < -0.4 is 11.1 Å². The molecule has 0 heterocycles. The van der Waals surface area contributed by atoms with E-state index in [1.165, 1.54) is 32.1 Å². The molecule has 0 radical (unpaired) electrons. The molecule has 19 heavy (non-hydrogen) atoms. The average molecular weight is 297 g/mol. The lowest BCUT2D eigenvalue weighted by Gasteiger charge is -2.33. The molecule has 0 aromatic heterocycles. The SMILES string of the molecule is CCC1CCCCC1Nc1cc(Cl)ccc1C(N)=S. The number of nitrogens with two attached hydrogens (primary N) is 1. The molecule has 0 bridgehead atoms. The summed E-state index contributed by atoms with van der Waals surface area (Å²) in [6.45, 7) is 2.26. The van der Waals surface area contributed by atoms with E-state index in [1.54, 1.807) is 0 Å². The third kappa shape index (κ3) is 3.61. The first kappa shape index (κ1) is 14.6. The second kappa shape index (κ2) is 6.58. The quantitative estimate of drug-likeness (QED) is 0.811. The van der Waals surface area contributed by atoms with Crippen molar-refractivity contribution in [2.45, 2.75) is 45.1 Å². The smallest absolute Gasteiger partial charge is 0.106 e. The van der Waals surface area contributed by atoms with Crippen molar-refractivity contribution in [3.8, 4) is 0 Å². The average Bonchev–Trinajstić information content (AvgIpc) is 2.39. The minimum absolute atomic E-state index is 0.419. The van der Waals surface area contributed by atoms with Crippen LogP contribution in [-0.2, 0) is 0 Å². The Morgan fingerprint density at radius 2 is 2.16 bits per heavy atom. The summed E-state index contributed by atoms with van der Waals surface area (Å²) in [6.07, 6.45) is 6.35. The van der Waals surface area contributed by atoms with Crippen LogP contribution in [0, 0.1) is 5.92 Å². The van der Waals surface area contributed by atoms with Crippen LogP contribution in [0.3, 0.4) is 0 Å². The summed E-state index contributed by atoms with van der Waals surface area (Å²) in [5.74, 6) is 0.729. The van der Waals surface area contributed by atoms with Gasteiger partial charge in [-0.15, -0.1) is 0 Å². The lowest BCUT2D eigenvalue weighted by atomic mass is 9.82. The number of rotatable bonds is 4. The molecule has 0 spiro atoms. The number of hydrogen-bond donors (Lipinski definition) is 2. The molecule has 1 aliphatic carbocycles. The van der Waals surface area contributed by atoms with E-state index in [-0.39, 0.29) is 0 Å². The highest BCUT2D eigenvalue weighted by molar-refractivity contribution is 7.80. The number of halogens is 1. The van der Waals surface area contributed by atoms with E-state index in [2.05, 4.69) is 12.2 Å². The summed E-state index contributed by atoms with van der Waals surface area (Å²) >= 11 is 11.2. The normalized spacial score (nSPS) is 23.1. The van der Waals surface area contributed by atoms with Crippen molar-refractivity contribution >= 4 is 34.5 Å². The highest BCUT2D eigenvalue weighted by Crippen LogP contribution is 2.31. The van der Waals surface area contributed by atoms with Crippen LogP contribution in [0.1, 0.15) is 44.6 Å². The highest BCUT2D eigenvalue weighted by Gasteiger charge is 2.24. The van der Waals surface area contributed by atoms with Gasteiger partial charge in [-0.2, -0.15) is 0 Å². The summed E-state index contributed by atoms with van der Waals surface area (Å²) in [7, 11) is 0. The van der Waals surface area contributed by atoms with E-state index in [9.17, 15) is 0 Å². The number of benzene rings is 1. The third-order valence-electron chi connectivity index (χ3n) is 4.02. The first-order valence-electron chi connectivity index (χ1n) is 6.97. The number of hydrogen-bond acceptors (Lipinski definition) is 2. The molecule has 0 aliphatic heterocycles. The van der Waals surface area contributed by atoms with E-state index in [4.69, 9.17) is 29.6 Å². The Balaban J connectivity index is 2.21. The fourth-order valence-corrected chi connectivity index (χ4v) is 3.29. The van der Waals surface area contributed by atoms with Crippen LogP contribution in [0.25, 0.3) is 0 Å². The molecule has 1 saturated carbocycles. The lowest BCUT2D eigenvalue weighted by Crippen LogP contribution is -2.32. The van der Waals surface area contributed by atoms with Gasteiger partial charge in [0.15, 0.2) is 0 Å². The second-order valence-electron chi connectivity index (χ2n) is 5.26. The van der Waals surface area contributed by atoms with Gasteiger partial charge in [0.05, 0.1) is 0 Å². The molecule has 3 N–H and O–H groups in total. The molecular formula is C15H21ClN2S. The van der Waals surface area contributed by atoms with Gasteiger partial charge in [0.2, 0.25) is 0 Å². The Hall–Kier alpha value is -0.800. The summed E-state index contributed by atoms with van der Waals surface area (Å²) in [5, 5.41) is 4.33. The van der Waals surface area contributed by atoms with Gasteiger partial charge in [0.25, 0.3) is 0 Å². The molecular weight excluding hydrogens is 276 g/mol. The predicted molar refractivity (Wildman–Crippen MR) is 87.0 cm³/mol. The summed E-state index contributed by atoms with van der Waals surface area (Å²) in [4.78, 5) is 0.419. The van der Waals surface area contributed by atoms with Crippen LogP contribution in [0.2, 0.25) is 5.02 Å². The number of nitrogens with one attached hydrogen (secondary N) is 1. The van der Waals surface area contributed by atoms with Crippen LogP contribution >= 0.6 is 23.8 Å². The molecule has 2 unspecified atom stereocenters. The highest BCUT2D eigenvalue weighted by atomic mass is 35.5. The molecule has 104 valence electrons. The fourth-order valence-electron chi connectivity index (χ4n) is 2.94. The minimum Gasteiger partial charge on any atom is -0.389 e. The van der Waals surface area contributed by atoms with E-state index < -0.39 is 0 Å². The maximum absolute atomic E-state index is 6.09. The maximum Gasteiger partial charge on any atom is 0.106 e.